The van der Waals surface area contributed by atoms with Crippen LogP contribution in [0.3, 0.4) is 0 Å². The molecule has 0 spiro atoms. The number of nitrogen functional groups attached to an aromatic ring is 1. The Morgan fingerprint density at radius 2 is 2.06 bits per heavy atom. The second kappa shape index (κ2) is 5.59. The summed E-state index contributed by atoms with van der Waals surface area (Å²) in [5.41, 5.74) is 13.0. The van der Waals surface area contributed by atoms with Crippen LogP contribution in [0.15, 0.2) is 18.2 Å². The number of anilines is 1. The summed E-state index contributed by atoms with van der Waals surface area (Å²) < 4.78 is 0. The third-order valence-electron chi connectivity index (χ3n) is 3.49. The van der Waals surface area contributed by atoms with Gasteiger partial charge in [0, 0.05) is 23.2 Å². The molecule has 1 heterocycles. The Labute approximate surface area is 112 Å². The van der Waals surface area contributed by atoms with Crippen molar-refractivity contribution in [2.45, 2.75) is 19.4 Å². The largest absolute Gasteiger partial charge is 0.398 e. The minimum Gasteiger partial charge on any atom is -0.398 e. The molecular weight excluding hydrogens is 250 g/mol. The van der Waals surface area contributed by atoms with Gasteiger partial charge in [-0.25, -0.2) is 0 Å². The summed E-state index contributed by atoms with van der Waals surface area (Å²) in [7, 11) is 0. The Bertz CT molecular complexity index is 442. The summed E-state index contributed by atoms with van der Waals surface area (Å²) in [5, 5.41) is 0.700. The van der Waals surface area contributed by atoms with Gasteiger partial charge in [0.05, 0.1) is 0 Å². The van der Waals surface area contributed by atoms with E-state index in [1.807, 2.05) is 12.1 Å². The maximum atomic E-state index is 11.1. The SMILES string of the molecule is NC(=O)C1CCN(Cc2cc(Cl)ccc2N)CC1. The summed E-state index contributed by atoms with van der Waals surface area (Å²) in [6.07, 6.45) is 1.66. The Kier molecular flexibility index (Phi) is 4.09. The maximum absolute atomic E-state index is 11.1. The second-order valence-corrected chi connectivity index (χ2v) is 5.23. The van der Waals surface area contributed by atoms with E-state index in [1.54, 1.807) is 6.07 Å². The number of nitrogens with zero attached hydrogens (tertiary/aromatic N) is 1. The average molecular weight is 268 g/mol. The fraction of sp³-hybridized carbons (Fsp3) is 0.462. The molecule has 0 saturated carbocycles. The zero-order valence-corrected chi connectivity index (χ0v) is 11.0. The van der Waals surface area contributed by atoms with Crippen LogP contribution in [0.25, 0.3) is 0 Å². The number of hydrogen-bond acceptors (Lipinski definition) is 3. The van der Waals surface area contributed by atoms with E-state index in [4.69, 9.17) is 23.1 Å². The molecule has 4 N–H and O–H groups in total. The van der Waals surface area contributed by atoms with Gasteiger partial charge < -0.3 is 11.5 Å². The monoisotopic (exact) mass is 267 g/mol. The topological polar surface area (TPSA) is 72.4 Å². The van der Waals surface area contributed by atoms with Crippen LogP contribution in [-0.4, -0.2) is 23.9 Å². The molecule has 4 nitrogen and oxygen atoms in total. The summed E-state index contributed by atoms with van der Waals surface area (Å²) >= 11 is 5.96. The van der Waals surface area contributed by atoms with Gasteiger partial charge in [-0.2, -0.15) is 0 Å². The number of nitrogens with two attached hydrogens (primary N) is 2. The highest BCUT2D eigenvalue weighted by Crippen LogP contribution is 2.23. The Balaban J connectivity index is 1.95. The van der Waals surface area contributed by atoms with Gasteiger partial charge in [0.15, 0.2) is 0 Å². The van der Waals surface area contributed by atoms with Crippen molar-refractivity contribution >= 4 is 23.2 Å². The highest BCUT2D eigenvalue weighted by atomic mass is 35.5. The summed E-state index contributed by atoms with van der Waals surface area (Å²) in [5.74, 6) is -0.158. The first-order valence-electron chi connectivity index (χ1n) is 6.12. The molecule has 1 saturated heterocycles. The first-order valence-corrected chi connectivity index (χ1v) is 6.49. The Hall–Kier alpha value is -1.26. The van der Waals surface area contributed by atoms with E-state index < -0.39 is 0 Å². The van der Waals surface area contributed by atoms with Gasteiger partial charge in [0.25, 0.3) is 0 Å². The highest BCUT2D eigenvalue weighted by molar-refractivity contribution is 6.30. The molecule has 1 amide bonds. The van der Waals surface area contributed by atoms with Crippen molar-refractivity contribution in [1.82, 2.24) is 4.90 Å². The molecule has 0 aromatic heterocycles. The number of carbonyl (C=O) groups excluding carboxylic acids is 1. The number of rotatable bonds is 3. The molecule has 1 fully saturated rings. The number of carbonyl (C=O) groups is 1. The molecule has 0 unspecified atom stereocenters. The van der Waals surface area contributed by atoms with E-state index in [-0.39, 0.29) is 11.8 Å². The predicted octanol–water partition coefficient (Wildman–Crippen LogP) is 1.62. The second-order valence-electron chi connectivity index (χ2n) is 4.80. The van der Waals surface area contributed by atoms with Gasteiger partial charge in [-0.1, -0.05) is 11.6 Å². The van der Waals surface area contributed by atoms with Gasteiger partial charge in [0.2, 0.25) is 5.91 Å². The molecule has 2 rings (SSSR count). The molecule has 98 valence electrons. The normalized spacial score (nSPS) is 17.8. The number of likely N-dealkylation sites (tertiary alicyclic amines) is 1. The minimum atomic E-state index is -0.183. The zero-order valence-electron chi connectivity index (χ0n) is 10.2. The molecule has 18 heavy (non-hydrogen) atoms. The maximum Gasteiger partial charge on any atom is 0.220 e. The summed E-state index contributed by atoms with van der Waals surface area (Å²) in [6.45, 7) is 2.52. The third kappa shape index (κ3) is 3.15. The number of piperidine rings is 1. The van der Waals surface area contributed by atoms with E-state index in [0.717, 1.165) is 43.7 Å². The van der Waals surface area contributed by atoms with Crippen LogP contribution in [0, 0.1) is 5.92 Å². The lowest BCUT2D eigenvalue weighted by molar-refractivity contribution is -0.123. The minimum absolute atomic E-state index is 0.0259. The molecule has 5 heteroatoms. The van der Waals surface area contributed by atoms with Crippen molar-refractivity contribution < 1.29 is 4.79 Å². The van der Waals surface area contributed by atoms with Crippen LogP contribution in [0.5, 0.6) is 0 Å². The number of halogens is 1. The summed E-state index contributed by atoms with van der Waals surface area (Å²) in [6, 6.07) is 5.52. The van der Waals surface area contributed by atoms with Crippen molar-refractivity contribution in [3.8, 4) is 0 Å². The average Bonchev–Trinajstić information content (AvgIpc) is 2.34. The lowest BCUT2D eigenvalue weighted by Crippen LogP contribution is -2.38. The molecule has 1 aliphatic rings. The van der Waals surface area contributed by atoms with Gasteiger partial charge in [-0.3, -0.25) is 9.69 Å². The van der Waals surface area contributed by atoms with Crippen LogP contribution >= 0.6 is 11.6 Å². The quantitative estimate of drug-likeness (QED) is 0.818. The highest BCUT2D eigenvalue weighted by Gasteiger charge is 2.23. The van der Waals surface area contributed by atoms with E-state index >= 15 is 0 Å². The predicted molar refractivity (Wildman–Crippen MR) is 73.1 cm³/mol. The van der Waals surface area contributed by atoms with E-state index in [0.29, 0.717) is 5.02 Å². The molecular formula is C13H18ClN3O. The van der Waals surface area contributed by atoms with Crippen LogP contribution in [0.4, 0.5) is 5.69 Å². The molecule has 0 bridgehead atoms. The summed E-state index contributed by atoms with van der Waals surface area (Å²) in [4.78, 5) is 13.4. The number of primary amides is 1. The van der Waals surface area contributed by atoms with Crippen molar-refractivity contribution in [2.75, 3.05) is 18.8 Å². The third-order valence-corrected chi connectivity index (χ3v) is 3.72. The van der Waals surface area contributed by atoms with Crippen molar-refractivity contribution in [1.29, 1.82) is 0 Å². The van der Waals surface area contributed by atoms with Crippen molar-refractivity contribution in [2.24, 2.45) is 11.7 Å². The van der Waals surface area contributed by atoms with Gasteiger partial charge in [-0.15, -0.1) is 0 Å². The van der Waals surface area contributed by atoms with E-state index in [1.165, 1.54) is 0 Å². The van der Waals surface area contributed by atoms with Crippen molar-refractivity contribution in [3.05, 3.63) is 28.8 Å². The lowest BCUT2D eigenvalue weighted by atomic mass is 9.96. The molecule has 0 radical (unpaired) electrons. The molecule has 1 aromatic carbocycles. The smallest absolute Gasteiger partial charge is 0.220 e. The molecule has 0 aliphatic carbocycles. The standard InChI is InChI=1S/C13H18ClN3O/c14-11-1-2-12(15)10(7-11)8-17-5-3-9(4-6-17)13(16)18/h1-2,7,9H,3-6,8,15H2,(H2,16,18). The van der Waals surface area contributed by atoms with Crippen molar-refractivity contribution in [3.63, 3.8) is 0 Å². The fourth-order valence-electron chi connectivity index (χ4n) is 2.33. The lowest BCUT2D eigenvalue weighted by Gasteiger charge is -2.30. The van der Waals surface area contributed by atoms with Crippen LogP contribution in [0.1, 0.15) is 18.4 Å². The molecule has 0 atom stereocenters. The van der Waals surface area contributed by atoms with Gasteiger partial charge in [-0.05, 0) is 49.7 Å². The Morgan fingerprint density at radius 3 is 2.67 bits per heavy atom. The fourth-order valence-corrected chi connectivity index (χ4v) is 2.52. The Morgan fingerprint density at radius 1 is 1.39 bits per heavy atom. The van der Waals surface area contributed by atoms with Gasteiger partial charge >= 0.3 is 0 Å². The number of benzene rings is 1. The van der Waals surface area contributed by atoms with Gasteiger partial charge in [0.1, 0.15) is 0 Å². The van der Waals surface area contributed by atoms with Crippen LogP contribution in [0.2, 0.25) is 5.02 Å². The first-order chi connectivity index (χ1) is 8.56. The number of amides is 1. The van der Waals surface area contributed by atoms with Crippen LogP contribution < -0.4 is 11.5 Å². The van der Waals surface area contributed by atoms with E-state index in [9.17, 15) is 4.79 Å². The van der Waals surface area contributed by atoms with E-state index in [2.05, 4.69) is 4.90 Å². The molecule has 1 aromatic rings. The molecule has 1 aliphatic heterocycles. The van der Waals surface area contributed by atoms with Crippen LogP contribution in [-0.2, 0) is 11.3 Å². The zero-order chi connectivity index (χ0) is 13.1. The number of hydrogen-bond donors (Lipinski definition) is 2. The first kappa shape index (κ1) is 13.2.